The summed E-state index contributed by atoms with van der Waals surface area (Å²) in [5.41, 5.74) is 1.50. The van der Waals surface area contributed by atoms with Crippen LogP contribution in [-0.2, 0) is 18.0 Å². The summed E-state index contributed by atoms with van der Waals surface area (Å²) in [7, 11) is -9.17. The molecule has 0 aliphatic rings. The van der Waals surface area contributed by atoms with E-state index in [0.717, 1.165) is 4.57 Å². The second-order valence-corrected chi connectivity index (χ2v) is 10.8. The van der Waals surface area contributed by atoms with Crippen molar-refractivity contribution < 1.29 is 42.2 Å². The summed E-state index contributed by atoms with van der Waals surface area (Å²) >= 11 is 3.34. The van der Waals surface area contributed by atoms with Gasteiger partial charge in [0, 0.05) is 27.2 Å². The number of ether oxygens (including phenoxy) is 1. The number of phosphoric acid groups is 2. The molecule has 1 heterocycles. The zero-order valence-corrected chi connectivity index (χ0v) is 21.6. The number of allylic oxidation sites excluding steroid dienone is 1. The molecular weight excluding hydrogens is 580 g/mol. The Kier molecular flexibility index (Phi) is 8.32. The summed E-state index contributed by atoms with van der Waals surface area (Å²) in [4.78, 5) is 39.7. The second-order valence-electron chi connectivity index (χ2n) is 7.02. The Balaban J connectivity index is 2.08. The van der Waals surface area contributed by atoms with Crippen LogP contribution >= 0.6 is 31.6 Å². The van der Waals surface area contributed by atoms with Crippen molar-refractivity contribution >= 4 is 60.0 Å². The Labute approximate surface area is 212 Å². The van der Waals surface area contributed by atoms with Crippen LogP contribution in [0.1, 0.15) is 21.5 Å². The fourth-order valence-corrected chi connectivity index (χ4v) is 5.13. The third kappa shape index (κ3) is 6.56. The van der Waals surface area contributed by atoms with Crippen LogP contribution < -0.4 is 4.74 Å². The highest BCUT2D eigenvalue weighted by Crippen LogP contribution is 2.57. The molecule has 0 saturated carbocycles. The SMILES string of the molecule is COc1ccc(C#N)cc1C=C(C#N)c1cn(C(=O)COP(=O)(O)OP(=O)(O)O)c2ccc(Br)cc12. The van der Waals surface area contributed by atoms with Gasteiger partial charge in [-0.2, -0.15) is 14.8 Å². The fraction of sp³-hybridized carbons (Fsp3) is 0.0952. The Morgan fingerprint density at radius 2 is 1.89 bits per heavy atom. The summed E-state index contributed by atoms with van der Waals surface area (Å²) in [5, 5.41) is 19.6. The fourth-order valence-electron chi connectivity index (χ4n) is 3.23. The topological polar surface area (TPSA) is 192 Å². The van der Waals surface area contributed by atoms with E-state index in [9.17, 15) is 29.3 Å². The van der Waals surface area contributed by atoms with E-state index in [2.05, 4.69) is 30.8 Å². The van der Waals surface area contributed by atoms with Crippen molar-refractivity contribution in [2.24, 2.45) is 0 Å². The molecule has 36 heavy (non-hydrogen) atoms. The Bertz CT molecular complexity index is 1560. The summed E-state index contributed by atoms with van der Waals surface area (Å²) in [6, 6.07) is 13.6. The molecule has 0 spiro atoms. The molecule has 12 nitrogen and oxygen atoms in total. The number of benzene rings is 2. The van der Waals surface area contributed by atoms with E-state index in [-0.39, 0.29) is 5.57 Å². The van der Waals surface area contributed by atoms with Crippen molar-refractivity contribution in [1.82, 2.24) is 4.57 Å². The normalized spacial score (nSPS) is 13.6. The van der Waals surface area contributed by atoms with Crippen LogP contribution in [0.15, 0.2) is 47.1 Å². The van der Waals surface area contributed by atoms with Crippen LogP contribution in [-0.4, -0.2) is 38.9 Å². The van der Waals surface area contributed by atoms with Gasteiger partial charge in [-0.25, -0.2) is 9.13 Å². The molecule has 0 aliphatic heterocycles. The predicted molar refractivity (Wildman–Crippen MR) is 130 cm³/mol. The maximum Gasteiger partial charge on any atom is 0.481 e. The summed E-state index contributed by atoms with van der Waals surface area (Å²) in [6.45, 7) is -1.07. The van der Waals surface area contributed by atoms with Crippen molar-refractivity contribution in [3.8, 4) is 17.9 Å². The van der Waals surface area contributed by atoms with Crippen molar-refractivity contribution in [3.05, 3.63) is 63.8 Å². The number of rotatable bonds is 8. The first kappa shape index (κ1) is 27.5. The number of methoxy groups -OCH3 is 1. The van der Waals surface area contributed by atoms with E-state index >= 15 is 0 Å². The largest absolute Gasteiger partial charge is 0.496 e. The van der Waals surface area contributed by atoms with E-state index in [1.54, 1.807) is 30.3 Å². The third-order valence-corrected chi connectivity index (χ3v) is 7.29. The van der Waals surface area contributed by atoms with Gasteiger partial charge in [0.25, 0.3) is 5.91 Å². The molecule has 0 aliphatic carbocycles. The quantitative estimate of drug-likeness (QED) is 0.249. The lowest BCUT2D eigenvalue weighted by Crippen LogP contribution is -2.16. The minimum atomic E-state index is -5.36. The van der Waals surface area contributed by atoms with E-state index in [4.69, 9.17) is 14.5 Å². The van der Waals surface area contributed by atoms with E-state index in [0.29, 0.717) is 37.8 Å². The summed E-state index contributed by atoms with van der Waals surface area (Å²) < 4.78 is 37.6. The van der Waals surface area contributed by atoms with Gasteiger partial charge in [0.15, 0.2) is 0 Å². The van der Waals surface area contributed by atoms with E-state index in [1.165, 1.54) is 25.4 Å². The molecule has 0 fully saturated rings. The average Bonchev–Trinajstić information content (AvgIpc) is 3.17. The Morgan fingerprint density at radius 3 is 2.50 bits per heavy atom. The molecule has 1 atom stereocenters. The molecule has 1 unspecified atom stereocenters. The van der Waals surface area contributed by atoms with Crippen LogP contribution in [0.5, 0.6) is 5.75 Å². The summed E-state index contributed by atoms with van der Waals surface area (Å²) in [6.07, 6.45) is 2.79. The molecule has 0 saturated heterocycles. The zero-order chi connectivity index (χ0) is 26.7. The first-order chi connectivity index (χ1) is 16.9. The minimum absolute atomic E-state index is 0.108. The number of halogens is 1. The van der Waals surface area contributed by atoms with E-state index < -0.39 is 28.2 Å². The zero-order valence-electron chi connectivity index (χ0n) is 18.2. The van der Waals surface area contributed by atoms with Gasteiger partial charge in [0.1, 0.15) is 12.4 Å². The monoisotopic (exact) mass is 595 g/mol. The molecule has 1 aromatic heterocycles. The van der Waals surface area contributed by atoms with Gasteiger partial charge in [0.05, 0.1) is 35.9 Å². The van der Waals surface area contributed by atoms with Gasteiger partial charge in [-0.15, -0.1) is 0 Å². The van der Waals surface area contributed by atoms with Crippen molar-refractivity contribution in [3.63, 3.8) is 0 Å². The predicted octanol–water partition coefficient (Wildman–Crippen LogP) is 4.21. The molecule has 0 bridgehead atoms. The van der Waals surface area contributed by atoms with Crippen LogP contribution in [0.3, 0.4) is 0 Å². The Morgan fingerprint density at radius 1 is 1.17 bits per heavy atom. The van der Waals surface area contributed by atoms with Gasteiger partial charge < -0.3 is 19.4 Å². The second kappa shape index (κ2) is 10.9. The maximum atomic E-state index is 12.8. The Hall–Kier alpha value is -3.09. The van der Waals surface area contributed by atoms with Gasteiger partial charge in [-0.3, -0.25) is 13.9 Å². The van der Waals surface area contributed by atoms with Crippen molar-refractivity contribution in [2.75, 3.05) is 13.7 Å². The highest BCUT2D eigenvalue weighted by Gasteiger charge is 2.33. The van der Waals surface area contributed by atoms with Gasteiger partial charge in [-0.1, -0.05) is 15.9 Å². The van der Waals surface area contributed by atoms with Crippen LogP contribution in [0.25, 0.3) is 22.6 Å². The molecule has 2 aromatic carbocycles. The lowest BCUT2D eigenvalue weighted by atomic mass is 10.0. The van der Waals surface area contributed by atoms with Gasteiger partial charge >= 0.3 is 15.6 Å². The van der Waals surface area contributed by atoms with Crippen LogP contribution in [0.4, 0.5) is 0 Å². The van der Waals surface area contributed by atoms with Gasteiger partial charge in [0.2, 0.25) is 0 Å². The summed E-state index contributed by atoms with van der Waals surface area (Å²) in [5.74, 6) is -0.488. The number of nitrogens with zero attached hydrogens (tertiary/aromatic N) is 3. The molecule has 0 radical (unpaired) electrons. The van der Waals surface area contributed by atoms with E-state index in [1.807, 2.05) is 6.07 Å². The smallest absolute Gasteiger partial charge is 0.481 e. The molecule has 15 heteroatoms. The lowest BCUT2D eigenvalue weighted by molar-refractivity contribution is 0.0802. The highest BCUT2D eigenvalue weighted by atomic mass is 79.9. The number of nitriles is 2. The molecule has 186 valence electrons. The number of hydrogen-bond acceptors (Lipinski definition) is 8. The van der Waals surface area contributed by atoms with Gasteiger partial charge in [-0.05, 0) is 42.5 Å². The van der Waals surface area contributed by atoms with Crippen LogP contribution in [0, 0.1) is 22.7 Å². The number of aromatic nitrogens is 1. The number of fused-ring (bicyclic) bond motifs is 1. The number of phosphoric ester groups is 1. The third-order valence-electron chi connectivity index (χ3n) is 4.67. The molecule has 3 rings (SSSR count). The first-order valence-electron chi connectivity index (χ1n) is 9.66. The minimum Gasteiger partial charge on any atom is -0.496 e. The average molecular weight is 596 g/mol. The van der Waals surface area contributed by atoms with Crippen LogP contribution in [0.2, 0.25) is 0 Å². The van der Waals surface area contributed by atoms with Crippen molar-refractivity contribution in [1.29, 1.82) is 10.5 Å². The number of hydrogen-bond donors (Lipinski definition) is 3. The molecule has 3 aromatic rings. The molecular formula is C21H16BrN3O9P2. The molecule has 3 N–H and O–H groups in total. The number of carbonyl (C=O) groups is 1. The van der Waals surface area contributed by atoms with Crippen molar-refractivity contribution in [2.45, 2.75) is 0 Å². The standard InChI is InChI=1S/C21H16BrN3O9P2/c1-32-20-5-2-13(9-23)6-14(20)7-15(10-24)18-11-25(19-4-3-16(22)8-17(18)19)21(26)12-33-36(30,31)34-35(27,28)29/h2-8,11H,12H2,1H3,(H,30,31)(H2,27,28,29). The number of carbonyl (C=O) groups excluding carboxylic acids is 1. The molecule has 0 amide bonds. The highest BCUT2D eigenvalue weighted by molar-refractivity contribution is 9.10. The lowest BCUT2D eigenvalue weighted by Gasteiger charge is -2.12. The maximum absolute atomic E-state index is 12.8. The first-order valence-corrected chi connectivity index (χ1v) is 13.5.